The van der Waals surface area contributed by atoms with Gasteiger partial charge in [0, 0.05) is 5.39 Å². The van der Waals surface area contributed by atoms with Gasteiger partial charge in [-0.1, -0.05) is 19.3 Å². The third-order valence-electron chi connectivity index (χ3n) is 5.41. The van der Waals surface area contributed by atoms with Crippen molar-refractivity contribution in [3.05, 3.63) is 29.5 Å². The largest absolute Gasteiger partial charge is 0.490 e. The third-order valence-corrected chi connectivity index (χ3v) is 5.41. The molecule has 0 aliphatic heterocycles. The molecule has 1 aliphatic rings. The second-order valence-corrected chi connectivity index (χ2v) is 7.07. The molecule has 1 aromatic heterocycles. The lowest BCUT2D eigenvalue weighted by molar-refractivity contribution is -0.200. The fraction of sp³-hybridized carbons (Fsp3) is 0.526. The fourth-order valence-electron chi connectivity index (χ4n) is 4.03. The lowest BCUT2D eigenvalue weighted by atomic mass is 9.66. The molecular weight excluding hydrogens is 377 g/mol. The molecule has 0 radical (unpaired) electrons. The first-order chi connectivity index (χ1) is 13.3. The van der Waals surface area contributed by atoms with Crippen LogP contribution in [0.5, 0.6) is 0 Å². The van der Waals surface area contributed by atoms with E-state index < -0.39 is 23.5 Å². The molecule has 1 fully saturated rings. The van der Waals surface area contributed by atoms with Crippen molar-refractivity contribution in [3.63, 3.8) is 0 Å². The van der Waals surface area contributed by atoms with E-state index in [0.717, 1.165) is 43.1 Å². The topological polar surface area (TPSA) is 81.3 Å². The average Bonchev–Trinajstić information content (AvgIpc) is 3.15. The van der Waals surface area contributed by atoms with E-state index in [1.165, 1.54) is 7.11 Å². The fourth-order valence-corrected chi connectivity index (χ4v) is 4.03. The van der Waals surface area contributed by atoms with E-state index in [2.05, 4.69) is 14.9 Å². The van der Waals surface area contributed by atoms with Crippen LogP contribution >= 0.6 is 0 Å². The number of aromatic amines is 1. The van der Waals surface area contributed by atoms with Crippen LogP contribution in [-0.2, 0) is 19.7 Å². The van der Waals surface area contributed by atoms with Gasteiger partial charge in [-0.05, 0) is 42.4 Å². The molecule has 1 aliphatic carbocycles. The summed E-state index contributed by atoms with van der Waals surface area (Å²) in [7, 11) is 1.28. The lowest BCUT2D eigenvalue weighted by Crippen LogP contribution is -2.33. The van der Waals surface area contributed by atoms with Crippen LogP contribution in [0.1, 0.15) is 54.4 Å². The smallest absolute Gasteiger partial charge is 0.465 e. The molecule has 0 atom stereocenters. The van der Waals surface area contributed by atoms with Crippen molar-refractivity contribution in [1.82, 2.24) is 10.2 Å². The maximum atomic E-state index is 12.4. The van der Waals surface area contributed by atoms with E-state index in [-0.39, 0.29) is 13.0 Å². The molecule has 2 aromatic rings. The zero-order valence-corrected chi connectivity index (χ0v) is 15.4. The molecule has 152 valence electrons. The van der Waals surface area contributed by atoms with Crippen molar-refractivity contribution in [2.24, 2.45) is 0 Å². The zero-order chi connectivity index (χ0) is 20.4. The number of rotatable bonds is 5. The van der Waals surface area contributed by atoms with E-state index >= 15 is 0 Å². The minimum absolute atomic E-state index is 0.236. The van der Waals surface area contributed by atoms with Gasteiger partial charge in [0.15, 0.2) is 0 Å². The molecule has 3 rings (SSSR count). The van der Waals surface area contributed by atoms with E-state index in [1.54, 1.807) is 18.3 Å². The van der Waals surface area contributed by atoms with Crippen LogP contribution < -0.4 is 0 Å². The maximum Gasteiger partial charge on any atom is 0.490 e. The number of halogens is 3. The summed E-state index contributed by atoms with van der Waals surface area (Å²) in [5.41, 5.74) is 1.31. The van der Waals surface area contributed by atoms with Crippen molar-refractivity contribution >= 4 is 22.8 Å². The summed E-state index contributed by atoms with van der Waals surface area (Å²) in [5, 5.41) is 7.68. The first kappa shape index (κ1) is 20.2. The number of aromatic nitrogens is 2. The van der Waals surface area contributed by atoms with Crippen LogP contribution in [0, 0.1) is 0 Å². The number of H-pyrrole nitrogens is 1. The first-order valence-corrected chi connectivity index (χ1v) is 9.07. The molecule has 0 bridgehead atoms. The van der Waals surface area contributed by atoms with Crippen molar-refractivity contribution in [3.8, 4) is 0 Å². The number of benzene rings is 1. The van der Waals surface area contributed by atoms with E-state index in [9.17, 15) is 22.8 Å². The molecule has 1 saturated carbocycles. The van der Waals surface area contributed by atoms with Gasteiger partial charge in [-0.3, -0.25) is 5.10 Å². The summed E-state index contributed by atoms with van der Waals surface area (Å²) in [6.07, 6.45) is 1.13. The molecule has 1 heterocycles. The van der Waals surface area contributed by atoms with E-state index in [1.807, 2.05) is 0 Å². The number of nitrogens with one attached hydrogen (secondary N) is 1. The summed E-state index contributed by atoms with van der Waals surface area (Å²) in [6, 6.07) is 3.36. The Bertz CT molecular complexity index is 870. The Balaban J connectivity index is 1.96. The quantitative estimate of drug-likeness (QED) is 0.769. The number of esters is 2. The minimum Gasteiger partial charge on any atom is -0.465 e. The van der Waals surface area contributed by atoms with Gasteiger partial charge >= 0.3 is 18.1 Å². The van der Waals surface area contributed by atoms with Gasteiger partial charge in [-0.25, -0.2) is 9.59 Å². The van der Waals surface area contributed by atoms with Gasteiger partial charge in [0.05, 0.1) is 31.0 Å². The summed E-state index contributed by atoms with van der Waals surface area (Å²) >= 11 is 0. The Morgan fingerprint density at radius 1 is 1.21 bits per heavy atom. The molecule has 0 amide bonds. The highest BCUT2D eigenvalue weighted by molar-refractivity contribution is 5.96. The molecule has 0 saturated heterocycles. The first-order valence-electron chi connectivity index (χ1n) is 9.07. The van der Waals surface area contributed by atoms with Crippen molar-refractivity contribution in [2.75, 3.05) is 13.7 Å². The number of alkyl halides is 3. The monoisotopic (exact) mass is 398 g/mol. The molecular formula is C19H21F3N2O4. The summed E-state index contributed by atoms with van der Waals surface area (Å²) < 4.78 is 46.6. The van der Waals surface area contributed by atoms with Gasteiger partial charge in [-0.2, -0.15) is 18.3 Å². The van der Waals surface area contributed by atoms with E-state index in [0.29, 0.717) is 11.1 Å². The van der Waals surface area contributed by atoms with Crippen molar-refractivity contribution < 1.29 is 32.2 Å². The Kier molecular flexibility index (Phi) is 5.62. The van der Waals surface area contributed by atoms with Gasteiger partial charge in [0.2, 0.25) is 0 Å². The highest BCUT2D eigenvalue weighted by Gasteiger charge is 2.42. The van der Waals surface area contributed by atoms with Gasteiger partial charge < -0.3 is 9.47 Å². The van der Waals surface area contributed by atoms with Crippen LogP contribution in [0.25, 0.3) is 10.9 Å². The number of methoxy groups -OCH3 is 1. The summed E-state index contributed by atoms with van der Waals surface area (Å²) in [6.45, 7) is -0.347. The molecule has 0 unspecified atom stereocenters. The Labute approximate surface area is 159 Å². The highest BCUT2D eigenvalue weighted by Crippen LogP contribution is 2.45. The SMILES string of the molecule is COC(=O)c1cc(C2(CCOC(=O)C(F)(F)F)CCCCC2)c2cn[nH]c2c1. The Morgan fingerprint density at radius 3 is 2.57 bits per heavy atom. The van der Waals surface area contributed by atoms with Crippen molar-refractivity contribution in [1.29, 1.82) is 0 Å². The van der Waals surface area contributed by atoms with Gasteiger partial charge in [0.25, 0.3) is 0 Å². The molecule has 0 spiro atoms. The Morgan fingerprint density at radius 2 is 1.93 bits per heavy atom. The minimum atomic E-state index is -5.01. The van der Waals surface area contributed by atoms with Crippen LogP contribution in [-0.4, -0.2) is 42.0 Å². The second kappa shape index (κ2) is 7.81. The second-order valence-electron chi connectivity index (χ2n) is 7.07. The average molecular weight is 398 g/mol. The lowest BCUT2D eigenvalue weighted by Gasteiger charge is -2.38. The summed E-state index contributed by atoms with van der Waals surface area (Å²) in [4.78, 5) is 23.2. The van der Waals surface area contributed by atoms with Gasteiger partial charge in [-0.15, -0.1) is 0 Å². The normalized spacial score (nSPS) is 16.7. The number of carbonyl (C=O) groups is 2. The third kappa shape index (κ3) is 3.98. The molecule has 6 nitrogen and oxygen atoms in total. The molecule has 28 heavy (non-hydrogen) atoms. The maximum absolute atomic E-state index is 12.4. The van der Waals surface area contributed by atoms with Crippen LogP contribution in [0.2, 0.25) is 0 Å². The summed E-state index contributed by atoms with van der Waals surface area (Å²) in [5.74, 6) is -2.69. The van der Waals surface area contributed by atoms with Crippen LogP contribution in [0.15, 0.2) is 18.3 Å². The van der Waals surface area contributed by atoms with E-state index in [4.69, 9.17) is 4.74 Å². The predicted molar refractivity (Wildman–Crippen MR) is 93.8 cm³/mol. The van der Waals surface area contributed by atoms with Crippen LogP contribution in [0.3, 0.4) is 0 Å². The number of carbonyl (C=O) groups excluding carboxylic acids is 2. The molecule has 1 N–H and O–H groups in total. The number of hydrogen-bond donors (Lipinski definition) is 1. The predicted octanol–water partition coefficient (Wildman–Crippen LogP) is 4.05. The number of nitrogens with zero attached hydrogens (tertiary/aromatic N) is 1. The molecule has 9 heteroatoms. The van der Waals surface area contributed by atoms with Gasteiger partial charge in [0.1, 0.15) is 0 Å². The van der Waals surface area contributed by atoms with Crippen molar-refractivity contribution in [2.45, 2.75) is 50.1 Å². The van der Waals surface area contributed by atoms with Crippen LogP contribution in [0.4, 0.5) is 13.2 Å². The highest BCUT2D eigenvalue weighted by atomic mass is 19.4. The standard InChI is InChI=1S/C19H21F3N2O4/c1-27-16(25)12-9-14(13-11-23-24-15(13)10-12)18(5-3-2-4-6-18)7-8-28-17(26)19(20,21)22/h9-11H,2-8H2,1H3,(H,23,24). The number of ether oxygens (including phenoxy) is 2. The number of fused-ring (bicyclic) bond motifs is 1. The Hall–Kier alpha value is -2.58. The molecule has 1 aromatic carbocycles. The number of hydrogen-bond acceptors (Lipinski definition) is 5. The zero-order valence-electron chi connectivity index (χ0n) is 15.4.